The smallest absolute Gasteiger partial charge is 0.321 e. The number of carbonyl (C=O) groups is 1. The van der Waals surface area contributed by atoms with Crippen LogP contribution in [-0.2, 0) is 0 Å². The lowest BCUT2D eigenvalue weighted by atomic mass is 9.86. The van der Waals surface area contributed by atoms with E-state index in [0.29, 0.717) is 22.8 Å². The number of carbonyl (C=O) groups excluding carboxylic acids is 1. The summed E-state index contributed by atoms with van der Waals surface area (Å²) in [5, 5.41) is 21.9. The van der Waals surface area contributed by atoms with Crippen LogP contribution in [0.2, 0.25) is 5.02 Å². The SMILES string of the molecule is CN(CC1CCCCC1O)C(=O)Nc1ccc(C#N)c(Cl)c1. The molecular formula is C16H20ClN3O2. The van der Waals surface area contributed by atoms with Gasteiger partial charge in [-0.1, -0.05) is 24.4 Å². The highest BCUT2D eigenvalue weighted by molar-refractivity contribution is 6.32. The number of halogens is 1. The Kier molecular flexibility index (Phi) is 5.64. The number of nitrogens with one attached hydrogen (secondary N) is 1. The second kappa shape index (κ2) is 7.48. The number of aliphatic hydroxyl groups excluding tert-OH is 1. The quantitative estimate of drug-likeness (QED) is 0.897. The first-order valence-corrected chi connectivity index (χ1v) is 7.79. The minimum absolute atomic E-state index is 0.133. The standard InChI is InChI=1S/C16H20ClN3O2/c1-20(10-12-4-2-3-5-15(12)21)16(22)19-13-7-6-11(9-18)14(17)8-13/h6-8,12,15,21H,2-5,10H2,1H3,(H,19,22). The summed E-state index contributed by atoms with van der Waals surface area (Å²) >= 11 is 5.95. The van der Waals surface area contributed by atoms with Gasteiger partial charge in [0.15, 0.2) is 0 Å². The number of benzene rings is 1. The lowest BCUT2D eigenvalue weighted by Gasteiger charge is -2.31. The van der Waals surface area contributed by atoms with E-state index in [1.807, 2.05) is 6.07 Å². The number of anilines is 1. The van der Waals surface area contributed by atoms with Gasteiger partial charge in [-0.15, -0.1) is 0 Å². The average molecular weight is 322 g/mol. The second-order valence-corrected chi connectivity index (χ2v) is 6.14. The summed E-state index contributed by atoms with van der Waals surface area (Å²) in [6.07, 6.45) is 3.58. The number of amides is 2. The summed E-state index contributed by atoms with van der Waals surface area (Å²) in [5.41, 5.74) is 0.920. The van der Waals surface area contributed by atoms with Gasteiger partial charge in [0.1, 0.15) is 6.07 Å². The van der Waals surface area contributed by atoms with Crippen LogP contribution in [0.15, 0.2) is 18.2 Å². The van der Waals surface area contributed by atoms with Gasteiger partial charge >= 0.3 is 6.03 Å². The molecule has 2 N–H and O–H groups in total. The number of urea groups is 1. The van der Waals surface area contributed by atoms with Crippen LogP contribution in [0.4, 0.5) is 10.5 Å². The second-order valence-electron chi connectivity index (χ2n) is 5.73. The van der Waals surface area contributed by atoms with Crippen LogP contribution in [0, 0.1) is 17.2 Å². The number of hydrogen-bond donors (Lipinski definition) is 2. The zero-order valence-electron chi connectivity index (χ0n) is 12.6. The van der Waals surface area contributed by atoms with Crippen molar-refractivity contribution in [3.63, 3.8) is 0 Å². The van der Waals surface area contributed by atoms with Crippen LogP contribution in [-0.4, -0.2) is 35.7 Å². The highest BCUT2D eigenvalue weighted by Gasteiger charge is 2.25. The van der Waals surface area contributed by atoms with Crippen molar-refractivity contribution in [1.29, 1.82) is 5.26 Å². The fraction of sp³-hybridized carbons (Fsp3) is 0.500. The molecular weight excluding hydrogens is 302 g/mol. The summed E-state index contributed by atoms with van der Waals surface area (Å²) < 4.78 is 0. The van der Waals surface area contributed by atoms with Crippen LogP contribution in [0.3, 0.4) is 0 Å². The fourth-order valence-electron chi connectivity index (χ4n) is 2.74. The van der Waals surface area contributed by atoms with Gasteiger partial charge in [0.2, 0.25) is 0 Å². The maximum absolute atomic E-state index is 12.2. The van der Waals surface area contributed by atoms with E-state index in [0.717, 1.165) is 25.7 Å². The number of nitrogens with zero attached hydrogens (tertiary/aromatic N) is 2. The zero-order valence-corrected chi connectivity index (χ0v) is 13.3. The predicted molar refractivity (Wildman–Crippen MR) is 85.8 cm³/mol. The average Bonchev–Trinajstić information content (AvgIpc) is 2.49. The molecule has 118 valence electrons. The molecule has 1 saturated carbocycles. The molecule has 0 aromatic heterocycles. The van der Waals surface area contributed by atoms with Gasteiger partial charge in [-0.25, -0.2) is 4.79 Å². The Morgan fingerprint density at radius 3 is 2.86 bits per heavy atom. The Morgan fingerprint density at radius 1 is 1.50 bits per heavy atom. The topological polar surface area (TPSA) is 76.4 Å². The molecule has 0 aliphatic heterocycles. The molecule has 0 heterocycles. The maximum Gasteiger partial charge on any atom is 0.321 e. The van der Waals surface area contributed by atoms with Gasteiger partial charge in [-0.2, -0.15) is 5.26 Å². The third-order valence-corrected chi connectivity index (χ3v) is 4.38. The fourth-order valence-corrected chi connectivity index (χ4v) is 2.96. The molecule has 2 rings (SSSR count). The lowest BCUT2D eigenvalue weighted by Crippen LogP contribution is -2.40. The number of nitriles is 1. The van der Waals surface area contributed by atoms with Crippen molar-refractivity contribution < 1.29 is 9.90 Å². The Labute approximate surface area is 135 Å². The normalized spacial score (nSPS) is 21.0. The monoisotopic (exact) mass is 321 g/mol. The van der Waals surface area contributed by atoms with Gasteiger partial charge in [0, 0.05) is 25.2 Å². The van der Waals surface area contributed by atoms with E-state index < -0.39 is 0 Å². The van der Waals surface area contributed by atoms with E-state index in [1.54, 1.807) is 30.1 Å². The molecule has 2 atom stereocenters. The van der Waals surface area contributed by atoms with Gasteiger partial charge in [-0.05, 0) is 31.0 Å². The molecule has 22 heavy (non-hydrogen) atoms. The van der Waals surface area contributed by atoms with Crippen LogP contribution >= 0.6 is 11.6 Å². The van der Waals surface area contributed by atoms with E-state index in [4.69, 9.17) is 16.9 Å². The first kappa shape index (κ1) is 16.6. The summed E-state index contributed by atoms with van der Waals surface area (Å²) in [7, 11) is 1.71. The summed E-state index contributed by atoms with van der Waals surface area (Å²) in [4.78, 5) is 13.8. The molecule has 0 bridgehead atoms. The molecule has 1 aliphatic carbocycles. The van der Waals surface area contributed by atoms with Crippen LogP contribution in [0.25, 0.3) is 0 Å². The van der Waals surface area contributed by atoms with Crippen molar-refractivity contribution in [2.45, 2.75) is 31.8 Å². The largest absolute Gasteiger partial charge is 0.393 e. The molecule has 1 aliphatic rings. The number of hydrogen-bond acceptors (Lipinski definition) is 3. The van der Waals surface area contributed by atoms with Crippen molar-refractivity contribution in [2.24, 2.45) is 5.92 Å². The van der Waals surface area contributed by atoms with E-state index in [1.165, 1.54) is 0 Å². The highest BCUT2D eigenvalue weighted by atomic mass is 35.5. The third-order valence-electron chi connectivity index (χ3n) is 4.06. The number of aliphatic hydroxyl groups is 1. The first-order chi connectivity index (χ1) is 10.5. The molecule has 6 heteroatoms. The molecule has 1 aromatic carbocycles. The molecule has 1 aromatic rings. The van der Waals surface area contributed by atoms with Gasteiger partial charge in [0.05, 0.1) is 16.7 Å². The maximum atomic E-state index is 12.2. The van der Waals surface area contributed by atoms with Crippen molar-refractivity contribution in [3.05, 3.63) is 28.8 Å². The van der Waals surface area contributed by atoms with E-state index >= 15 is 0 Å². The van der Waals surface area contributed by atoms with Gasteiger partial charge < -0.3 is 15.3 Å². The highest BCUT2D eigenvalue weighted by Crippen LogP contribution is 2.25. The lowest BCUT2D eigenvalue weighted by molar-refractivity contribution is 0.0575. The third kappa shape index (κ3) is 4.12. The van der Waals surface area contributed by atoms with Crippen LogP contribution < -0.4 is 5.32 Å². The molecule has 0 spiro atoms. The van der Waals surface area contributed by atoms with Crippen LogP contribution in [0.1, 0.15) is 31.2 Å². The Bertz CT molecular complexity index is 585. The summed E-state index contributed by atoms with van der Waals surface area (Å²) in [6.45, 7) is 0.525. The van der Waals surface area contributed by atoms with Crippen molar-refractivity contribution in [2.75, 3.05) is 18.9 Å². The molecule has 5 nitrogen and oxygen atoms in total. The van der Waals surface area contributed by atoms with Crippen molar-refractivity contribution >= 4 is 23.3 Å². The zero-order chi connectivity index (χ0) is 16.1. The van der Waals surface area contributed by atoms with E-state index in [9.17, 15) is 9.90 Å². The Morgan fingerprint density at radius 2 is 2.23 bits per heavy atom. The minimum atomic E-state index is -0.326. The molecule has 2 amide bonds. The van der Waals surface area contributed by atoms with Crippen molar-refractivity contribution in [3.8, 4) is 6.07 Å². The molecule has 1 fully saturated rings. The van der Waals surface area contributed by atoms with Crippen LogP contribution in [0.5, 0.6) is 0 Å². The Hall–Kier alpha value is -1.77. The van der Waals surface area contributed by atoms with Crippen molar-refractivity contribution in [1.82, 2.24) is 4.90 Å². The molecule has 0 saturated heterocycles. The van der Waals surface area contributed by atoms with E-state index in [-0.39, 0.29) is 18.1 Å². The van der Waals surface area contributed by atoms with Gasteiger partial charge in [0.25, 0.3) is 0 Å². The summed E-state index contributed by atoms with van der Waals surface area (Å²) in [5.74, 6) is 0.133. The number of rotatable bonds is 3. The minimum Gasteiger partial charge on any atom is -0.393 e. The Balaban J connectivity index is 1.93. The van der Waals surface area contributed by atoms with Gasteiger partial charge in [-0.3, -0.25) is 0 Å². The summed E-state index contributed by atoms with van der Waals surface area (Å²) in [6, 6.07) is 6.50. The molecule has 0 radical (unpaired) electrons. The first-order valence-electron chi connectivity index (χ1n) is 7.41. The van der Waals surface area contributed by atoms with E-state index in [2.05, 4.69) is 5.32 Å². The predicted octanol–water partition coefficient (Wildman–Crippen LogP) is 3.23. The molecule has 2 unspecified atom stereocenters.